The minimum absolute atomic E-state index is 0.168. The predicted molar refractivity (Wildman–Crippen MR) is 100 cm³/mol. The van der Waals surface area contributed by atoms with Gasteiger partial charge in [0.2, 0.25) is 0 Å². The molecular weight excluding hydrogens is 304 g/mol. The van der Waals surface area contributed by atoms with E-state index in [2.05, 4.69) is 6.92 Å². The zero-order valence-electron chi connectivity index (χ0n) is 14.9. The van der Waals surface area contributed by atoms with Gasteiger partial charge in [-0.2, -0.15) is 0 Å². The fourth-order valence-electron chi connectivity index (χ4n) is 2.75. The highest BCUT2D eigenvalue weighted by Gasteiger charge is 2.06. The van der Waals surface area contributed by atoms with Crippen molar-refractivity contribution in [2.24, 2.45) is 0 Å². The van der Waals surface area contributed by atoms with Crippen molar-refractivity contribution in [1.82, 2.24) is 0 Å². The Kier molecular flexibility index (Phi) is 13.0. The first-order valence-electron chi connectivity index (χ1n) is 9.55. The topological polar surface area (TPSA) is 26.3 Å². The zero-order valence-corrected chi connectivity index (χ0v) is 15.7. The van der Waals surface area contributed by atoms with Crippen molar-refractivity contribution in [3.05, 3.63) is 22.4 Å². The average Bonchev–Trinajstić information content (AvgIpc) is 3.09. The summed E-state index contributed by atoms with van der Waals surface area (Å²) in [6, 6.07) is 3.70. The third-order valence-corrected chi connectivity index (χ3v) is 5.05. The summed E-state index contributed by atoms with van der Waals surface area (Å²) in [6.07, 6.45) is 17.4. The molecule has 3 heteroatoms. The molecular formula is C20H34O2S. The van der Waals surface area contributed by atoms with Crippen molar-refractivity contribution < 1.29 is 9.53 Å². The van der Waals surface area contributed by atoms with Crippen LogP contribution in [0.4, 0.5) is 0 Å². The van der Waals surface area contributed by atoms with Gasteiger partial charge in [0, 0.05) is 0 Å². The molecule has 0 N–H and O–H groups in total. The van der Waals surface area contributed by atoms with E-state index in [0.29, 0.717) is 11.5 Å². The molecule has 0 saturated heterocycles. The van der Waals surface area contributed by atoms with Crippen LogP contribution in [0, 0.1) is 0 Å². The highest BCUT2D eigenvalue weighted by molar-refractivity contribution is 7.11. The third-order valence-electron chi connectivity index (χ3n) is 4.20. The summed E-state index contributed by atoms with van der Waals surface area (Å²) >= 11 is 1.44. The lowest BCUT2D eigenvalue weighted by Gasteiger charge is -2.04. The number of esters is 1. The molecule has 1 rings (SSSR count). The summed E-state index contributed by atoms with van der Waals surface area (Å²) in [7, 11) is 0. The van der Waals surface area contributed by atoms with Gasteiger partial charge in [-0.1, -0.05) is 90.0 Å². The van der Waals surface area contributed by atoms with Gasteiger partial charge in [0.1, 0.15) is 4.88 Å². The molecule has 0 aromatic carbocycles. The quantitative estimate of drug-likeness (QED) is 0.254. The maximum Gasteiger partial charge on any atom is 0.348 e. The van der Waals surface area contributed by atoms with Crippen LogP contribution in [0.1, 0.15) is 100 Å². The standard InChI is InChI=1S/C20H34O2S/c1-2-3-4-5-6-7-8-9-10-11-12-13-14-17-22-20(21)19-16-15-18-23-19/h15-16,18H,2-14,17H2,1H3. The Morgan fingerprint density at radius 1 is 0.870 bits per heavy atom. The number of hydrogen-bond acceptors (Lipinski definition) is 3. The van der Waals surface area contributed by atoms with Gasteiger partial charge in [-0.15, -0.1) is 11.3 Å². The largest absolute Gasteiger partial charge is 0.462 e. The van der Waals surface area contributed by atoms with Crippen molar-refractivity contribution in [3.8, 4) is 0 Å². The molecule has 0 atom stereocenters. The second-order valence-corrected chi connectivity index (χ2v) is 7.30. The van der Waals surface area contributed by atoms with Gasteiger partial charge < -0.3 is 4.74 Å². The van der Waals surface area contributed by atoms with E-state index in [4.69, 9.17) is 4.74 Å². The van der Waals surface area contributed by atoms with Gasteiger partial charge in [0.15, 0.2) is 0 Å². The number of carbonyl (C=O) groups excluding carboxylic acids is 1. The Labute approximate surface area is 146 Å². The summed E-state index contributed by atoms with van der Waals surface area (Å²) in [4.78, 5) is 12.3. The number of rotatable bonds is 15. The normalized spacial score (nSPS) is 10.8. The predicted octanol–water partition coefficient (Wildman–Crippen LogP) is 7.00. The minimum atomic E-state index is -0.168. The summed E-state index contributed by atoms with van der Waals surface area (Å²) in [5.41, 5.74) is 0. The lowest BCUT2D eigenvalue weighted by molar-refractivity contribution is 0.0503. The van der Waals surface area contributed by atoms with E-state index in [1.165, 1.54) is 88.4 Å². The van der Waals surface area contributed by atoms with Gasteiger partial charge in [-0.25, -0.2) is 4.79 Å². The zero-order chi connectivity index (χ0) is 16.6. The highest BCUT2D eigenvalue weighted by Crippen LogP contribution is 2.13. The third kappa shape index (κ3) is 11.4. The molecule has 0 aliphatic rings. The van der Waals surface area contributed by atoms with Crippen molar-refractivity contribution in [2.45, 2.75) is 90.4 Å². The molecule has 132 valence electrons. The van der Waals surface area contributed by atoms with Crippen molar-refractivity contribution in [3.63, 3.8) is 0 Å². The molecule has 0 amide bonds. The van der Waals surface area contributed by atoms with E-state index in [-0.39, 0.29) is 5.97 Å². The molecule has 0 spiro atoms. The molecule has 0 saturated carbocycles. The van der Waals surface area contributed by atoms with Crippen molar-refractivity contribution >= 4 is 17.3 Å². The maximum absolute atomic E-state index is 11.6. The second kappa shape index (κ2) is 14.7. The summed E-state index contributed by atoms with van der Waals surface area (Å²) in [5.74, 6) is -0.168. The molecule has 0 radical (unpaired) electrons. The smallest absolute Gasteiger partial charge is 0.348 e. The molecule has 1 aromatic heterocycles. The first kappa shape index (κ1) is 20.2. The fraction of sp³-hybridized carbons (Fsp3) is 0.750. The van der Waals surface area contributed by atoms with Crippen LogP contribution >= 0.6 is 11.3 Å². The molecule has 2 nitrogen and oxygen atoms in total. The Morgan fingerprint density at radius 3 is 1.87 bits per heavy atom. The van der Waals surface area contributed by atoms with Crippen LogP contribution in [0.2, 0.25) is 0 Å². The Bertz CT molecular complexity index is 373. The molecule has 0 bridgehead atoms. The maximum atomic E-state index is 11.6. The van der Waals surface area contributed by atoms with E-state index in [1.54, 1.807) is 0 Å². The Hall–Kier alpha value is -0.830. The van der Waals surface area contributed by atoms with E-state index >= 15 is 0 Å². The molecule has 0 fully saturated rings. The fourth-order valence-corrected chi connectivity index (χ4v) is 3.37. The lowest BCUT2D eigenvalue weighted by Crippen LogP contribution is -2.04. The van der Waals surface area contributed by atoms with Crippen LogP contribution in [0.5, 0.6) is 0 Å². The van der Waals surface area contributed by atoms with Gasteiger partial charge in [0.25, 0.3) is 0 Å². The first-order valence-corrected chi connectivity index (χ1v) is 10.4. The SMILES string of the molecule is CCCCCCCCCCCCCCCOC(=O)c1cccs1. The molecule has 0 aliphatic heterocycles. The van der Waals surface area contributed by atoms with Crippen molar-refractivity contribution in [1.29, 1.82) is 0 Å². The van der Waals surface area contributed by atoms with Crippen molar-refractivity contribution in [2.75, 3.05) is 6.61 Å². The first-order chi connectivity index (χ1) is 11.3. The van der Waals surface area contributed by atoms with E-state index in [1.807, 2.05) is 17.5 Å². The molecule has 0 aliphatic carbocycles. The Balaban J connectivity index is 1.76. The molecule has 0 unspecified atom stereocenters. The van der Waals surface area contributed by atoms with E-state index < -0.39 is 0 Å². The average molecular weight is 339 g/mol. The number of thiophene rings is 1. The Morgan fingerprint density at radius 2 is 1.39 bits per heavy atom. The molecule has 1 heterocycles. The van der Waals surface area contributed by atoms with Gasteiger partial charge in [-0.3, -0.25) is 0 Å². The lowest BCUT2D eigenvalue weighted by atomic mass is 10.0. The second-order valence-electron chi connectivity index (χ2n) is 6.36. The minimum Gasteiger partial charge on any atom is -0.462 e. The van der Waals surface area contributed by atoms with Gasteiger partial charge >= 0.3 is 5.97 Å². The highest BCUT2D eigenvalue weighted by atomic mass is 32.1. The molecule has 23 heavy (non-hydrogen) atoms. The van der Waals surface area contributed by atoms with Crippen LogP contribution in [-0.2, 0) is 4.74 Å². The monoisotopic (exact) mass is 338 g/mol. The van der Waals surface area contributed by atoms with Crippen LogP contribution in [0.3, 0.4) is 0 Å². The van der Waals surface area contributed by atoms with Gasteiger partial charge in [0.05, 0.1) is 6.61 Å². The number of ether oxygens (including phenoxy) is 1. The summed E-state index contributed by atoms with van der Waals surface area (Å²) in [6.45, 7) is 2.84. The molecule has 1 aromatic rings. The number of carbonyl (C=O) groups is 1. The van der Waals surface area contributed by atoms with E-state index in [9.17, 15) is 4.79 Å². The van der Waals surface area contributed by atoms with Crippen LogP contribution < -0.4 is 0 Å². The van der Waals surface area contributed by atoms with E-state index in [0.717, 1.165) is 6.42 Å². The summed E-state index contributed by atoms with van der Waals surface area (Å²) < 4.78 is 5.26. The van der Waals surface area contributed by atoms with Crippen LogP contribution in [0.25, 0.3) is 0 Å². The number of unbranched alkanes of at least 4 members (excludes halogenated alkanes) is 12. The van der Waals surface area contributed by atoms with Crippen LogP contribution in [-0.4, -0.2) is 12.6 Å². The van der Waals surface area contributed by atoms with Crippen LogP contribution in [0.15, 0.2) is 17.5 Å². The number of hydrogen-bond donors (Lipinski definition) is 0. The van der Waals surface area contributed by atoms with Gasteiger partial charge in [-0.05, 0) is 17.9 Å². The summed E-state index contributed by atoms with van der Waals surface area (Å²) in [5, 5.41) is 1.90.